The van der Waals surface area contributed by atoms with Crippen molar-refractivity contribution < 1.29 is 70.6 Å². The standard InChI is InChI=1S/C64H82N12O15S/c1-41-27-29-47(30-28-41)92(87,88)75-64(65)66-31-15-25-48-58(81)67-36-55(78)71-49(34-56(79)91-46-23-13-6-14-24-46)60(83)72-50(33-43-17-7-3-8-18-43)63(86)76-32-16-26-53(76)62(85)69-42(2)57(80)73-52(40-90-38-45-21-11-5-12-22-45)61(84)74-51(59(82)68-35-54(77)70-48)39-89-37-44-19-9-4-10-20-44/h3-5,7-12,17-22,27-30,42,46,48-53H,6,13-16,23-26,31-40H2,1-2H3,(H,67,81)(H,68,82)(H,69,85)(H,70,77)(H,71,78)(H,72,83)(H,73,80)(H,74,84)(H3,65,66,75)/t42-,48-,49-,50-,51-,52-,53-/m0/s1. The van der Waals surface area contributed by atoms with Gasteiger partial charge in [0.05, 0.1) is 50.8 Å². The van der Waals surface area contributed by atoms with E-state index in [4.69, 9.17) is 19.9 Å². The number of rotatable bonds is 19. The summed E-state index contributed by atoms with van der Waals surface area (Å²) in [5.74, 6) is -9.28. The molecule has 0 bridgehead atoms. The van der Waals surface area contributed by atoms with Crippen LogP contribution in [0.1, 0.15) is 93.4 Å². The third kappa shape index (κ3) is 22.6. The first-order chi connectivity index (χ1) is 44.2. The number of guanidine groups is 1. The number of nitrogens with two attached hydrogens (primary N) is 1. The number of nitrogens with zero attached hydrogens (tertiary/aromatic N) is 2. The number of esters is 1. The first-order valence-corrected chi connectivity index (χ1v) is 32.2. The summed E-state index contributed by atoms with van der Waals surface area (Å²) in [6.07, 6.45) is 2.78. The molecule has 3 fully saturated rings. The van der Waals surface area contributed by atoms with Crippen LogP contribution in [0, 0.1) is 6.92 Å². The molecule has 3 aliphatic rings. The average Bonchev–Trinajstić information content (AvgIpc) is 1.63. The van der Waals surface area contributed by atoms with Crippen molar-refractivity contribution >= 4 is 75.1 Å². The van der Waals surface area contributed by atoms with Crippen molar-refractivity contribution in [1.29, 1.82) is 0 Å². The Kier molecular flexibility index (Phi) is 27.0. The molecular weight excluding hydrogens is 1210 g/mol. The third-order valence-electron chi connectivity index (χ3n) is 15.4. The second kappa shape index (κ2) is 35.4. The molecule has 2 saturated heterocycles. The van der Waals surface area contributed by atoms with Gasteiger partial charge in [0.15, 0.2) is 0 Å². The van der Waals surface area contributed by atoms with Gasteiger partial charge in [-0.15, -0.1) is 0 Å². The van der Waals surface area contributed by atoms with E-state index in [1.165, 1.54) is 24.0 Å². The minimum absolute atomic E-state index is 0.0000459. The van der Waals surface area contributed by atoms with Gasteiger partial charge in [0.2, 0.25) is 59.1 Å². The number of hydrogen-bond donors (Lipinski definition) is 10. The van der Waals surface area contributed by atoms with E-state index in [0.717, 1.165) is 36.0 Å². The number of benzene rings is 4. The summed E-state index contributed by atoms with van der Waals surface area (Å²) in [6.45, 7) is 0.494. The molecule has 27 nitrogen and oxygen atoms in total. The maximum absolute atomic E-state index is 14.9. The number of sulfonamides is 1. The molecule has 4 aromatic rings. The van der Waals surface area contributed by atoms with E-state index in [-0.39, 0.29) is 56.9 Å². The first-order valence-electron chi connectivity index (χ1n) is 30.7. The molecule has 7 rings (SSSR count). The number of hydrogen-bond acceptors (Lipinski definition) is 16. The summed E-state index contributed by atoms with van der Waals surface area (Å²) in [7, 11) is -4.14. The third-order valence-corrected chi connectivity index (χ3v) is 16.8. The summed E-state index contributed by atoms with van der Waals surface area (Å²) in [5, 5.41) is 20.5. The van der Waals surface area contributed by atoms with E-state index >= 15 is 0 Å². The topological polar surface area (TPSA) is 382 Å². The second-order valence-corrected chi connectivity index (χ2v) is 24.4. The average molecular weight is 1290 g/mol. The second-order valence-electron chi connectivity index (χ2n) is 22.8. The van der Waals surface area contributed by atoms with E-state index < -0.39 is 156 Å². The highest BCUT2D eigenvalue weighted by atomic mass is 32.2. The Morgan fingerprint density at radius 3 is 1.71 bits per heavy atom. The smallest absolute Gasteiger partial charge is 0.308 e. The highest BCUT2D eigenvalue weighted by Crippen LogP contribution is 2.23. The molecule has 4 aromatic carbocycles. The zero-order chi connectivity index (χ0) is 66.0. The van der Waals surface area contributed by atoms with Gasteiger partial charge < -0.3 is 67.4 Å². The van der Waals surface area contributed by atoms with Crippen molar-refractivity contribution in [2.45, 2.75) is 151 Å². The van der Waals surface area contributed by atoms with E-state index in [1.54, 1.807) is 110 Å². The normalized spacial score (nSPS) is 22.6. The summed E-state index contributed by atoms with van der Waals surface area (Å²) in [5.41, 5.74) is 8.84. The number of ether oxygens (including phenoxy) is 3. The Balaban J connectivity index is 1.18. The maximum atomic E-state index is 14.9. The van der Waals surface area contributed by atoms with Crippen molar-refractivity contribution in [3.8, 4) is 0 Å². The van der Waals surface area contributed by atoms with Crippen molar-refractivity contribution in [1.82, 2.24) is 52.2 Å². The molecule has 494 valence electrons. The molecule has 28 heteroatoms. The largest absolute Gasteiger partial charge is 0.462 e. The fraction of sp³-hybridized carbons (Fsp3) is 0.453. The number of aliphatic imine (C=N–C) groups is 1. The lowest BCUT2D eigenvalue weighted by molar-refractivity contribution is -0.152. The number of aryl methyl sites for hydroxylation is 1. The first kappa shape index (κ1) is 70.2. The predicted molar refractivity (Wildman–Crippen MR) is 335 cm³/mol. The highest BCUT2D eigenvalue weighted by Gasteiger charge is 2.40. The lowest BCUT2D eigenvalue weighted by Crippen LogP contribution is -2.60. The van der Waals surface area contributed by atoms with Crippen LogP contribution < -0.4 is 53.0 Å². The van der Waals surface area contributed by atoms with Crippen LogP contribution in [0.15, 0.2) is 125 Å². The van der Waals surface area contributed by atoms with Crippen molar-refractivity contribution in [2.75, 3.05) is 39.4 Å². The van der Waals surface area contributed by atoms with Crippen LogP contribution in [0.3, 0.4) is 0 Å². The Bertz CT molecular complexity index is 3320. The van der Waals surface area contributed by atoms with Crippen LogP contribution in [-0.2, 0) is 91.8 Å². The lowest BCUT2D eigenvalue weighted by Gasteiger charge is -2.30. The SMILES string of the molecule is Cc1ccc(S(=O)(=O)NC(N)=NCCC[C@@H]2NC(=O)CNC(=O)[C@H](COCc3ccccc3)NC(=O)[C@H](COCc3ccccc3)NC(=O)[C@H](C)NC(=O)[C@@H]3CCCN3C(=O)[C@H](Cc3ccccc3)NC(=O)[C@H](CC(=O)OC3CCCCC3)NC(=O)CNC2=O)cc1. The molecule has 9 amide bonds. The van der Waals surface area contributed by atoms with E-state index in [9.17, 15) is 56.4 Å². The zero-order valence-corrected chi connectivity index (χ0v) is 52.3. The zero-order valence-electron chi connectivity index (χ0n) is 51.5. The van der Waals surface area contributed by atoms with Gasteiger partial charge in [-0.2, -0.15) is 0 Å². The van der Waals surface area contributed by atoms with Crippen LogP contribution in [0.5, 0.6) is 0 Å². The van der Waals surface area contributed by atoms with Gasteiger partial charge in [-0.05, 0) is 94.0 Å². The van der Waals surface area contributed by atoms with Crippen LogP contribution >= 0.6 is 0 Å². The molecule has 0 aromatic heterocycles. The minimum Gasteiger partial charge on any atom is -0.462 e. The van der Waals surface area contributed by atoms with Gasteiger partial charge in [-0.1, -0.05) is 115 Å². The van der Waals surface area contributed by atoms with Crippen LogP contribution in [-0.4, -0.2) is 166 Å². The Hall–Kier alpha value is -9.28. The predicted octanol–water partition coefficient (Wildman–Crippen LogP) is 0.476. The summed E-state index contributed by atoms with van der Waals surface area (Å²) >= 11 is 0. The van der Waals surface area contributed by atoms with Gasteiger partial charge in [0.1, 0.15) is 48.4 Å². The number of carbonyl (C=O) groups is 10. The van der Waals surface area contributed by atoms with Gasteiger partial charge in [0.25, 0.3) is 10.0 Å². The monoisotopic (exact) mass is 1290 g/mol. The van der Waals surface area contributed by atoms with Crippen molar-refractivity contribution in [3.63, 3.8) is 0 Å². The Morgan fingerprint density at radius 2 is 1.11 bits per heavy atom. The molecule has 1 saturated carbocycles. The molecular formula is C64H82N12O15S. The Morgan fingerprint density at radius 1 is 0.587 bits per heavy atom. The van der Waals surface area contributed by atoms with Gasteiger partial charge in [0, 0.05) is 19.5 Å². The summed E-state index contributed by atoms with van der Waals surface area (Å²) in [4.78, 5) is 147. The Labute approximate surface area is 534 Å². The molecule has 0 spiro atoms. The van der Waals surface area contributed by atoms with E-state index in [1.807, 2.05) is 0 Å². The molecule has 1 aliphatic carbocycles. The molecule has 2 aliphatic heterocycles. The van der Waals surface area contributed by atoms with Gasteiger partial charge in [-0.25, -0.2) is 13.1 Å². The van der Waals surface area contributed by atoms with Crippen LogP contribution in [0.2, 0.25) is 0 Å². The minimum atomic E-state index is -4.14. The molecule has 0 radical (unpaired) electrons. The van der Waals surface area contributed by atoms with Gasteiger partial charge >= 0.3 is 5.97 Å². The number of amides is 9. The number of nitrogens with one attached hydrogen (secondary N) is 9. The summed E-state index contributed by atoms with van der Waals surface area (Å²) < 4.78 is 45.8. The quantitative estimate of drug-likeness (QED) is 0.0264. The molecule has 7 atom stereocenters. The fourth-order valence-corrected chi connectivity index (χ4v) is 11.4. The molecule has 2 heterocycles. The maximum Gasteiger partial charge on any atom is 0.308 e. The molecule has 92 heavy (non-hydrogen) atoms. The van der Waals surface area contributed by atoms with Crippen LogP contribution in [0.4, 0.5) is 0 Å². The van der Waals surface area contributed by atoms with Crippen LogP contribution in [0.25, 0.3) is 0 Å². The van der Waals surface area contributed by atoms with Crippen molar-refractivity contribution in [3.05, 3.63) is 138 Å². The lowest BCUT2D eigenvalue weighted by atomic mass is 9.98. The fourth-order valence-electron chi connectivity index (χ4n) is 10.4. The van der Waals surface area contributed by atoms with Crippen molar-refractivity contribution in [2.24, 2.45) is 10.7 Å². The summed E-state index contributed by atoms with van der Waals surface area (Å²) in [6, 6.07) is 22.4. The van der Waals surface area contributed by atoms with E-state index in [0.29, 0.717) is 24.8 Å². The molecule has 0 unspecified atom stereocenters. The number of fused-ring (bicyclic) bond motifs is 1. The van der Waals surface area contributed by atoms with E-state index in [2.05, 4.69) is 52.2 Å². The highest BCUT2D eigenvalue weighted by molar-refractivity contribution is 7.90. The van der Waals surface area contributed by atoms with Gasteiger partial charge in [-0.3, -0.25) is 52.9 Å². The molecule has 11 N–H and O–H groups in total. The number of carbonyl (C=O) groups excluding carboxylic acids is 10.